The molecule has 1 aromatic carbocycles. The van der Waals surface area contributed by atoms with Gasteiger partial charge in [-0.3, -0.25) is 4.79 Å². The molecule has 0 saturated carbocycles. The van der Waals surface area contributed by atoms with E-state index in [1.807, 2.05) is 42.5 Å². The van der Waals surface area contributed by atoms with E-state index in [2.05, 4.69) is 29.5 Å². The number of anilines is 2. The minimum atomic E-state index is -0.283. The van der Waals surface area contributed by atoms with Gasteiger partial charge in [0, 0.05) is 16.6 Å². The Labute approximate surface area is 184 Å². The summed E-state index contributed by atoms with van der Waals surface area (Å²) in [4.78, 5) is 18.3. The zero-order valence-electron chi connectivity index (χ0n) is 17.5. The number of carbonyl (C=O) groups is 1. The molecule has 0 spiro atoms. The Hall–Kier alpha value is -3.58. The highest BCUT2D eigenvalue weighted by Crippen LogP contribution is 2.41. The molecule has 4 rings (SSSR count). The van der Waals surface area contributed by atoms with Crippen LogP contribution in [-0.4, -0.2) is 18.0 Å². The van der Waals surface area contributed by atoms with Gasteiger partial charge in [0.15, 0.2) is 5.76 Å². The smallest absolute Gasteiger partial charge is 0.291 e. The van der Waals surface area contributed by atoms with Crippen LogP contribution in [0.25, 0.3) is 0 Å². The maximum absolute atomic E-state index is 12.7. The molecule has 0 fully saturated rings. The van der Waals surface area contributed by atoms with E-state index in [0.29, 0.717) is 0 Å². The number of nitrogens with one attached hydrogen (secondary N) is 2. The largest absolute Gasteiger partial charge is 0.497 e. The molecule has 31 heavy (non-hydrogen) atoms. The average molecular weight is 434 g/mol. The van der Waals surface area contributed by atoms with Crippen LogP contribution in [0.4, 0.5) is 10.8 Å². The third-order valence-corrected chi connectivity index (χ3v) is 6.22. The summed E-state index contributed by atoms with van der Waals surface area (Å²) in [5.41, 5.74) is 3.09. The average Bonchev–Trinajstić information content (AvgIpc) is 3.42. The fourth-order valence-corrected chi connectivity index (χ4v) is 4.49. The summed E-state index contributed by atoms with van der Waals surface area (Å²) in [5, 5.41) is 7.34. The van der Waals surface area contributed by atoms with Crippen LogP contribution >= 0.6 is 11.3 Å². The van der Waals surface area contributed by atoms with Crippen LogP contribution in [0.15, 0.2) is 71.5 Å². The van der Waals surface area contributed by atoms with Crippen LogP contribution in [0.1, 0.15) is 38.2 Å². The van der Waals surface area contributed by atoms with Gasteiger partial charge in [0.25, 0.3) is 5.91 Å². The molecule has 1 amide bonds. The minimum absolute atomic E-state index is 0.248. The zero-order chi connectivity index (χ0) is 21.8. The third-order valence-electron chi connectivity index (χ3n) is 5.08. The van der Waals surface area contributed by atoms with Crippen LogP contribution < -0.4 is 15.4 Å². The van der Waals surface area contributed by atoms with E-state index in [4.69, 9.17) is 9.15 Å². The lowest BCUT2D eigenvalue weighted by atomic mass is 9.96. The highest BCUT2D eigenvalue weighted by molar-refractivity contribution is 7.16. The first-order valence-corrected chi connectivity index (χ1v) is 10.6. The van der Waals surface area contributed by atoms with Gasteiger partial charge in [0.1, 0.15) is 16.6 Å². The molecule has 0 saturated heterocycles. The highest BCUT2D eigenvalue weighted by Gasteiger charge is 2.26. The number of aromatic nitrogens is 1. The predicted octanol–water partition coefficient (Wildman–Crippen LogP) is 5.82. The molecule has 4 aromatic rings. The Morgan fingerprint density at radius 1 is 1.13 bits per heavy atom. The molecule has 0 bridgehead atoms. The second kappa shape index (κ2) is 9.06. The van der Waals surface area contributed by atoms with Gasteiger partial charge in [-0.2, -0.15) is 0 Å². The van der Waals surface area contributed by atoms with E-state index in [-0.39, 0.29) is 17.7 Å². The number of aryl methyl sites for hydroxylation is 1. The van der Waals surface area contributed by atoms with Crippen molar-refractivity contribution < 1.29 is 13.9 Å². The van der Waals surface area contributed by atoms with Gasteiger partial charge < -0.3 is 19.8 Å². The van der Waals surface area contributed by atoms with Crippen LogP contribution in [0.5, 0.6) is 5.75 Å². The second-order valence-corrected chi connectivity index (χ2v) is 8.25. The molecule has 6 nitrogen and oxygen atoms in total. The highest BCUT2D eigenvalue weighted by atomic mass is 32.1. The van der Waals surface area contributed by atoms with Crippen molar-refractivity contribution in [2.75, 3.05) is 17.7 Å². The monoisotopic (exact) mass is 433 g/mol. The van der Waals surface area contributed by atoms with Crippen molar-refractivity contribution in [3.05, 3.63) is 94.4 Å². The van der Waals surface area contributed by atoms with E-state index in [9.17, 15) is 4.79 Å². The lowest BCUT2D eigenvalue weighted by Gasteiger charge is -2.22. The lowest BCUT2D eigenvalue weighted by Crippen LogP contribution is -2.17. The normalized spacial score (nSPS) is 11.7. The van der Waals surface area contributed by atoms with Crippen molar-refractivity contribution in [2.45, 2.75) is 19.9 Å². The topological polar surface area (TPSA) is 76.4 Å². The number of pyridine rings is 1. The SMILES string of the molecule is COc1cccc([C@H](Nc2ccccn2)c2c(NC(=O)c3ccco3)sc(C)c2C)c1. The number of carbonyl (C=O) groups excluding carboxylic acids is 1. The maximum atomic E-state index is 12.7. The Balaban J connectivity index is 1.79. The Kier molecular flexibility index (Phi) is 6.04. The van der Waals surface area contributed by atoms with Gasteiger partial charge in [-0.25, -0.2) is 4.98 Å². The Morgan fingerprint density at radius 3 is 2.71 bits per heavy atom. The Morgan fingerprint density at radius 2 is 2.00 bits per heavy atom. The van der Waals surface area contributed by atoms with Crippen LogP contribution in [0.3, 0.4) is 0 Å². The summed E-state index contributed by atoms with van der Waals surface area (Å²) in [6, 6.07) is 16.7. The molecule has 0 unspecified atom stereocenters. The molecule has 0 aliphatic rings. The number of thiophene rings is 1. The molecule has 2 N–H and O–H groups in total. The van der Waals surface area contributed by atoms with Crippen LogP contribution in [0.2, 0.25) is 0 Å². The van der Waals surface area contributed by atoms with Gasteiger partial charge in [-0.1, -0.05) is 18.2 Å². The third kappa shape index (κ3) is 4.46. The van der Waals surface area contributed by atoms with E-state index in [1.54, 1.807) is 36.8 Å². The zero-order valence-corrected chi connectivity index (χ0v) is 18.3. The molecule has 0 aliphatic carbocycles. The Bertz CT molecular complexity index is 1170. The van der Waals surface area contributed by atoms with Gasteiger partial charge in [0.2, 0.25) is 0 Å². The fourth-order valence-electron chi connectivity index (χ4n) is 3.40. The van der Waals surface area contributed by atoms with Gasteiger partial charge >= 0.3 is 0 Å². The number of amides is 1. The molecule has 3 aromatic heterocycles. The van der Waals surface area contributed by atoms with Gasteiger partial charge in [-0.05, 0) is 61.4 Å². The number of hydrogen-bond acceptors (Lipinski definition) is 6. The molecule has 0 aliphatic heterocycles. The minimum Gasteiger partial charge on any atom is -0.497 e. The first-order valence-electron chi connectivity index (χ1n) is 9.83. The number of nitrogens with zero attached hydrogens (tertiary/aromatic N) is 1. The molecule has 0 radical (unpaired) electrons. The van der Waals surface area contributed by atoms with Crippen LogP contribution in [-0.2, 0) is 0 Å². The summed E-state index contributed by atoms with van der Waals surface area (Å²) in [5.74, 6) is 1.48. The standard InChI is InChI=1S/C24H23N3O3S/c1-15-16(2)31-24(27-23(28)19-10-7-13-30-19)21(15)22(26-20-11-4-5-12-25-20)17-8-6-9-18(14-17)29-3/h4-14,22H,1-3H3,(H,25,26)(H,27,28)/t22-/m0/s1. The van der Waals surface area contributed by atoms with Crippen molar-refractivity contribution in [1.29, 1.82) is 0 Å². The van der Waals surface area contributed by atoms with E-state index >= 15 is 0 Å². The van der Waals surface area contributed by atoms with E-state index in [0.717, 1.165) is 38.1 Å². The predicted molar refractivity (Wildman–Crippen MR) is 123 cm³/mol. The second-order valence-electron chi connectivity index (χ2n) is 7.03. The quantitative estimate of drug-likeness (QED) is 0.384. The molecule has 158 valence electrons. The maximum Gasteiger partial charge on any atom is 0.291 e. The number of hydrogen-bond donors (Lipinski definition) is 2. The first kappa shape index (κ1) is 20.7. The lowest BCUT2D eigenvalue weighted by molar-refractivity contribution is 0.0997. The van der Waals surface area contributed by atoms with Crippen molar-refractivity contribution in [1.82, 2.24) is 4.98 Å². The number of benzene rings is 1. The molecular weight excluding hydrogens is 410 g/mol. The summed E-state index contributed by atoms with van der Waals surface area (Å²) < 4.78 is 10.7. The van der Waals surface area contributed by atoms with Crippen molar-refractivity contribution in [3.63, 3.8) is 0 Å². The summed E-state index contributed by atoms with van der Waals surface area (Å²) in [6.45, 7) is 4.12. The molecule has 1 atom stereocenters. The molecule has 3 heterocycles. The summed E-state index contributed by atoms with van der Waals surface area (Å²) in [6.07, 6.45) is 3.23. The van der Waals surface area contributed by atoms with Gasteiger partial charge in [-0.15, -0.1) is 11.3 Å². The fraction of sp³-hybridized carbons (Fsp3) is 0.167. The number of rotatable bonds is 7. The van der Waals surface area contributed by atoms with Crippen molar-refractivity contribution >= 4 is 28.1 Å². The number of furan rings is 1. The molecule has 7 heteroatoms. The van der Waals surface area contributed by atoms with E-state index < -0.39 is 0 Å². The van der Waals surface area contributed by atoms with Crippen molar-refractivity contribution in [2.24, 2.45) is 0 Å². The number of methoxy groups -OCH3 is 1. The summed E-state index contributed by atoms with van der Waals surface area (Å²) in [7, 11) is 1.65. The van der Waals surface area contributed by atoms with Crippen molar-refractivity contribution in [3.8, 4) is 5.75 Å². The van der Waals surface area contributed by atoms with Crippen LogP contribution in [0, 0.1) is 13.8 Å². The van der Waals surface area contributed by atoms with E-state index in [1.165, 1.54) is 6.26 Å². The molecular formula is C24H23N3O3S. The first-order chi connectivity index (χ1) is 15.1. The number of ether oxygens (including phenoxy) is 1. The van der Waals surface area contributed by atoms with Gasteiger partial charge in [0.05, 0.1) is 19.4 Å². The summed E-state index contributed by atoms with van der Waals surface area (Å²) >= 11 is 1.54.